The second-order valence-electron chi connectivity index (χ2n) is 7.43. The molecule has 0 radical (unpaired) electrons. The van der Waals surface area contributed by atoms with Crippen LogP contribution in [0.4, 0.5) is 0 Å². The summed E-state index contributed by atoms with van der Waals surface area (Å²) in [6.07, 6.45) is -0.315. The first-order chi connectivity index (χ1) is 12.3. The Morgan fingerprint density at radius 3 is 1.32 bits per heavy atom. The largest absolute Gasteiger partial charge is 0.379 e. The molecule has 0 aliphatic carbocycles. The average molecular weight is 358 g/mol. The Labute approximate surface area is 149 Å². The number of nitrogens with zero attached hydrogens (tertiary/aromatic N) is 2. The van der Waals surface area contributed by atoms with Crippen molar-refractivity contribution in [1.82, 2.24) is 9.80 Å². The van der Waals surface area contributed by atoms with Gasteiger partial charge in [-0.05, 0) is 0 Å². The maximum absolute atomic E-state index is 5.97. The van der Waals surface area contributed by atoms with Crippen LogP contribution >= 0.6 is 0 Å². The third-order valence-electron chi connectivity index (χ3n) is 5.32. The molecule has 4 fully saturated rings. The lowest BCUT2D eigenvalue weighted by Crippen LogP contribution is -2.55. The summed E-state index contributed by atoms with van der Waals surface area (Å²) in [6.45, 7) is 11.1. The molecular weight excluding hydrogens is 328 g/mol. The molecule has 8 heteroatoms. The molecule has 4 rings (SSSR count). The summed E-state index contributed by atoms with van der Waals surface area (Å²) in [4.78, 5) is 4.66. The first-order valence-corrected chi connectivity index (χ1v) is 9.38. The predicted molar refractivity (Wildman–Crippen MR) is 88.3 cm³/mol. The highest BCUT2D eigenvalue weighted by molar-refractivity contribution is 4.85. The van der Waals surface area contributed by atoms with Crippen molar-refractivity contribution in [3.05, 3.63) is 0 Å². The van der Waals surface area contributed by atoms with Crippen LogP contribution in [0.25, 0.3) is 0 Å². The molecule has 0 unspecified atom stereocenters. The molecule has 4 aliphatic rings. The van der Waals surface area contributed by atoms with Gasteiger partial charge in [0, 0.05) is 39.3 Å². The fourth-order valence-electron chi connectivity index (χ4n) is 3.63. The number of morpholine rings is 2. The molecule has 0 aromatic rings. The lowest BCUT2D eigenvalue weighted by molar-refractivity contribution is -0.306. The molecule has 144 valence electrons. The SMILES string of the molecule is C1CN(CC2OCC3(CO2)COC(CN2CCOCC2)OC3)CCO1. The van der Waals surface area contributed by atoms with Crippen LogP contribution in [-0.2, 0) is 28.4 Å². The molecule has 4 saturated heterocycles. The zero-order valence-corrected chi connectivity index (χ0v) is 14.9. The van der Waals surface area contributed by atoms with E-state index in [0.717, 1.165) is 65.7 Å². The Morgan fingerprint density at radius 2 is 0.960 bits per heavy atom. The van der Waals surface area contributed by atoms with E-state index in [0.29, 0.717) is 26.4 Å². The van der Waals surface area contributed by atoms with Crippen molar-refractivity contribution in [3.8, 4) is 0 Å². The maximum atomic E-state index is 5.97. The number of rotatable bonds is 4. The molecule has 1 spiro atoms. The second kappa shape index (κ2) is 8.58. The van der Waals surface area contributed by atoms with E-state index in [1.807, 2.05) is 0 Å². The Kier molecular flexibility index (Phi) is 6.20. The van der Waals surface area contributed by atoms with Crippen molar-refractivity contribution in [2.45, 2.75) is 12.6 Å². The topological polar surface area (TPSA) is 61.9 Å². The van der Waals surface area contributed by atoms with Crippen molar-refractivity contribution in [2.24, 2.45) is 5.41 Å². The monoisotopic (exact) mass is 358 g/mol. The summed E-state index contributed by atoms with van der Waals surface area (Å²) in [5, 5.41) is 0. The lowest BCUT2D eigenvalue weighted by atomic mass is 9.91. The smallest absolute Gasteiger partial charge is 0.170 e. The third-order valence-corrected chi connectivity index (χ3v) is 5.32. The van der Waals surface area contributed by atoms with Gasteiger partial charge < -0.3 is 28.4 Å². The molecule has 4 aliphatic heterocycles. The van der Waals surface area contributed by atoms with Crippen molar-refractivity contribution in [1.29, 1.82) is 0 Å². The van der Waals surface area contributed by atoms with Crippen molar-refractivity contribution in [3.63, 3.8) is 0 Å². The number of hydrogen-bond donors (Lipinski definition) is 0. The van der Waals surface area contributed by atoms with Crippen LogP contribution in [0.2, 0.25) is 0 Å². The minimum absolute atomic E-state index is 0.158. The van der Waals surface area contributed by atoms with E-state index in [-0.39, 0.29) is 18.0 Å². The van der Waals surface area contributed by atoms with E-state index >= 15 is 0 Å². The van der Waals surface area contributed by atoms with Gasteiger partial charge in [0.1, 0.15) is 0 Å². The Morgan fingerprint density at radius 1 is 0.600 bits per heavy atom. The van der Waals surface area contributed by atoms with Gasteiger partial charge in [0.15, 0.2) is 12.6 Å². The second-order valence-corrected chi connectivity index (χ2v) is 7.43. The first-order valence-electron chi connectivity index (χ1n) is 9.38. The molecule has 0 bridgehead atoms. The van der Waals surface area contributed by atoms with Crippen LogP contribution in [0.15, 0.2) is 0 Å². The quantitative estimate of drug-likeness (QED) is 0.659. The highest BCUT2D eigenvalue weighted by atomic mass is 16.7. The molecule has 0 aromatic heterocycles. The fraction of sp³-hybridized carbons (Fsp3) is 1.00. The highest BCUT2D eigenvalue weighted by Crippen LogP contribution is 2.30. The van der Waals surface area contributed by atoms with E-state index in [1.54, 1.807) is 0 Å². The van der Waals surface area contributed by atoms with E-state index in [1.165, 1.54) is 0 Å². The summed E-state index contributed by atoms with van der Waals surface area (Å²) in [7, 11) is 0. The standard InChI is InChI=1S/C17H30N2O6/c1-5-20-6-2-18(1)9-15-22-11-17(12-23-15)13-24-16(25-14-17)10-19-3-7-21-8-4-19/h15-16H,1-14H2. The normalized spacial score (nSPS) is 38.9. The van der Waals surface area contributed by atoms with Crippen LogP contribution in [-0.4, -0.2) is 115 Å². The van der Waals surface area contributed by atoms with Crippen LogP contribution < -0.4 is 0 Å². The van der Waals surface area contributed by atoms with Crippen molar-refractivity contribution >= 4 is 0 Å². The van der Waals surface area contributed by atoms with Gasteiger partial charge in [0.2, 0.25) is 0 Å². The average Bonchev–Trinajstić information content (AvgIpc) is 2.68. The molecule has 0 saturated carbocycles. The van der Waals surface area contributed by atoms with Crippen LogP contribution in [0.5, 0.6) is 0 Å². The van der Waals surface area contributed by atoms with E-state index in [9.17, 15) is 0 Å². The summed E-state index contributed by atoms with van der Waals surface area (Å²) in [5.74, 6) is 0. The Balaban J connectivity index is 1.17. The molecule has 0 atom stereocenters. The van der Waals surface area contributed by atoms with Crippen molar-refractivity contribution in [2.75, 3.05) is 92.1 Å². The van der Waals surface area contributed by atoms with Gasteiger partial charge >= 0.3 is 0 Å². The minimum atomic E-state index is -0.164. The molecule has 25 heavy (non-hydrogen) atoms. The lowest BCUT2D eigenvalue weighted by Gasteiger charge is -2.45. The summed E-state index contributed by atoms with van der Waals surface area (Å²) in [6, 6.07) is 0. The molecular formula is C17H30N2O6. The number of ether oxygens (including phenoxy) is 6. The van der Waals surface area contributed by atoms with Gasteiger partial charge in [-0.15, -0.1) is 0 Å². The molecule has 0 amide bonds. The summed E-state index contributed by atoms with van der Waals surface area (Å²) in [5.41, 5.74) is -0.164. The van der Waals surface area contributed by atoms with E-state index in [2.05, 4.69) is 9.80 Å². The first kappa shape index (κ1) is 18.1. The fourth-order valence-corrected chi connectivity index (χ4v) is 3.63. The van der Waals surface area contributed by atoms with Crippen LogP contribution in [0.1, 0.15) is 0 Å². The zero-order valence-electron chi connectivity index (χ0n) is 14.9. The van der Waals surface area contributed by atoms with Crippen LogP contribution in [0, 0.1) is 5.41 Å². The Hall–Kier alpha value is -0.320. The van der Waals surface area contributed by atoms with Gasteiger partial charge in [-0.3, -0.25) is 9.80 Å². The molecule has 4 heterocycles. The minimum Gasteiger partial charge on any atom is -0.379 e. The summed E-state index contributed by atoms with van der Waals surface area (Å²) >= 11 is 0. The third kappa shape index (κ3) is 4.90. The van der Waals surface area contributed by atoms with Gasteiger partial charge in [0.05, 0.1) is 58.3 Å². The predicted octanol–water partition coefficient (Wildman–Crippen LogP) is -0.617. The van der Waals surface area contributed by atoms with Gasteiger partial charge in [-0.25, -0.2) is 0 Å². The molecule has 0 aromatic carbocycles. The molecule has 0 N–H and O–H groups in total. The van der Waals surface area contributed by atoms with Gasteiger partial charge in [0.25, 0.3) is 0 Å². The van der Waals surface area contributed by atoms with Gasteiger partial charge in [-0.1, -0.05) is 0 Å². The van der Waals surface area contributed by atoms with E-state index in [4.69, 9.17) is 28.4 Å². The Bertz CT molecular complexity index is 356. The van der Waals surface area contributed by atoms with E-state index < -0.39 is 0 Å². The number of hydrogen-bond acceptors (Lipinski definition) is 8. The molecule has 8 nitrogen and oxygen atoms in total. The van der Waals surface area contributed by atoms with Gasteiger partial charge in [-0.2, -0.15) is 0 Å². The van der Waals surface area contributed by atoms with Crippen molar-refractivity contribution < 1.29 is 28.4 Å². The summed E-state index contributed by atoms with van der Waals surface area (Å²) < 4.78 is 34.6. The zero-order chi connectivity index (χ0) is 17.0. The maximum Gasteiger partial charge on any atom is 0.170 e. The highest BCUT2D eigenvalue weighted by Gasteiger charge is 2.42. The van der Waals surface area contributed by atoms with Crippen LogP contribution in [0.3, 0.4) is 0 Å².